The maximum absolute atomic E-state index is 12.3. The van der Waals surface area contributed by atoms with E-state index in [4.69, 9.17) is 0 Å². The molecule has 1 fully saturated rings. The minimum Gasteiger partial charge on any atom is -0.355 e. The topological polar surface area (TPSA) is 56.1 Å². The van der Waals surface area contributed by atoms with Crippen molar-refractivity contribution in [1.29, 1.82) is 5.26 Å². The first-order chi connectivity index (χ1) is 9.68. The maximum Gasteiger partial charge on any atom is 0.240 e. The maximum atomic E-state index is 12.3. The molecular weight excluding hydrogens is 250 g/mol. The van der Waals surface area contributed by atoms with Crippen LogP contribution < -0.4 is 5.32 Å². The zero-order chi connectivity index (χ0) is 14.8. The molecule has 1 N–H and O–H groups in total. The average molecular weight is 279 g/mol. The summed E-state index contributed by atoms with van der Waals surface area (Å²) in [6.45, 7) is 8.20. The molecule has 1 rings (SSSR count). The molecule has 0 aliphatic carbocycles. The molecule has 4 heteroatoms. The van der Waals surface area contributed by atoms with E-state index in [-0.39, 0.29) is 5.91 Å². The highest BCUT2D eigenvalue weighted by molar-refractivity contribution is 5.85. The van der Waals surface area contributed by atoms with Gasteiger partial charge in [0.1, 0.15) is 5.41 Å². The first kappa shape index (κ1) is 17.0. The van der Waals surface area contributed by atoms with Gasteiger partial charge in [-0.2, -0.15) is 5.26 Å². The van der Waals surface area contributed by atoms with E-state index < -0.39 is 5.41 Å². The fraction of sp³-hybridized carbons (Fsp3) is 0.875. The number of nitriles is 1. The van der Waals surface area contributed by atoms with Gasteiger partial charge >= 0.3 is 0 Å². The third kappa shape index (κ3) is 4.79. The Morgan fingerprint density at radius 1 is 1.25 bits per heavy atom. The number of rotatable bonds is 9. The van der Waals surface area contributed by atoms with E-state index in [1.165, 1.54) is 25.9 Å². The van der Waals surface area contributed by atoms with Crippen LogP contribution in [0.1, 0.15) is 58.8 Å². The molecule has 0 radical (unpaired) electrons. The standard InChI is InChI=1S/C16H29N3O/c1-3-8-16(14-17,9-4-2)15(20)18-10-7-13-19-11-5-6-12-19/h3-13H2,1-2H3,(H,18,20). The second kappa shape index (κ2) is 8.97. The number of hydrogen-bond donors (Lipinski definition) is 1. The predicted molar refractivity (Wildman–Crippen MR) is 81.2 cm³/mol. The second-order valence-corrected chi connectivity index (χ2v) is 5.85. The largest absolute Gasteiger partial charge is 0.355 e. The van der Waals surface area contributed by atoms with Crippen molar-refractivity contribution in [2.75, 3.05) is 26.2 Å². The predicted octanol–water partition coefficient (Wildman–Crippen LogP) is 2.70. The summed E-state index contributed by atoms with van der Waals surface area (Å²) in [5.74, 6) is -0.0647. The summed E-state index contributed by atoms with van der Waals surface area (Å²) in [4.78, 5) is 14.8. The number of carbonyl (C=O) groups is 1. The van der Waals surface area contributed by atoms with E-state index in [2.05, 4.69) is 16.3 Å². The van der Waals surface area contributed by atoms with Crippen LogP contribution in [0.2, 0.25) is 0 Å². The highest BCUT2D eigenvalue weighted by Gasteiger charge is 2.36. The van der Waals surface area contributed by atoms with E-state index in [1.807, 2.05) is 13.8 Å². The summed E-state index contributed by atoms with van der Waals surface area (Å²) >= 11 is 0. The van der Waals surface area contributed by atoms with E-state index in [0.29, 0.717) is 19.4 Å². The van der Waals surface area contributed by atoms with Crippen molar-refractivity contribution < 1.29 is 4.79 Å². The van der Waals surface area contributed by atoms with Gasteiger partial charge in [0.05, 0.1) is 6.07 Å². The Balaban J connectivity index is 2.35. The molecule has 1 aliphatic heterocycles. The van der Waals surface area contributed by atoms with Gasteiger partial charge in [-0.25, -0.2) is 0 Å². The number of nitrogens with one attached hydrogen (secondary N) is 1. The number of nitrogens with zero attached hydrogens (tertiary/aromatic N) is 2. The van der Waals surface area contributed by atoms with Crippen LogP contribution in [-0.4, -0.2) is 37.0 Å². The summed E-state index contributed by atoms with van der Waals surface area (Å²) in [5, 5.41) is 12.4. The fourth-order valence-electron chi connectivity index (χ4n) is 3.05. The third-order valence-corrected chi connectivity index (χ3v) is 4.14. The minimum atomic E-state index is -0.808. The molecule has 1 aliphatic rings. The molecule has 1 saturated heterocycles. The van der Waals surface area contributed by atoms with Crippen LogP contribution in [0, 0.1) is 16.7 Å². The van der Waals surface area contributed by atoms with Crippen LogP contribution in [0.25, 0.3) is 0 Å². The molecule has 0 aromatic heterocycles. The van der Waals surface area contributed by atoms with Gasteiger partial charge < -0.3 is 10.2 Å². The van der Waals surface area contributed by atoms with Crippen LogP contribution in [0.15, 0.2) is 0 Å². The van der Waals surface area contributed by atoms with Crippen LogP contribution >= 0.6 is 0 Å². The SMILES string of the molecule is CCCC(C#N)(CCC)C(=O)NCCCN1CCCC1. The molecule has 4 nitrogen and oxygen atoms in total. The smallest absolute Gasteiger partial charge is 0.240 e. The van der Waals surface area contributed by atoms with Crippen LogP contribution in [0.3, 0.4) is 0 Å². The molecule has 114 valence electrons. The van der Waals surface area contributed by atoms with Gasteiger partial charge in [0.2, 0.25) is 5.91 Å². The lowest BCUT2D eigenvalue weighted by Crippen LogP contribution is -2.41. The van der Waals surface area contributed by atoms with Crippen molar-refractivity contribution in [2.45, 2.75) is 58.8 Å². The van der Waals surface area contributed by atoms with Crippen LogP contribution in [0.4, 0.5) is 0 Å². The Kier molecular flexibility index (Phi) is 7.61. The summed E-state index contributed by atoms with van der Waals surface area (Å²) in [7, 11) is 0. The van der Waals surface area contributed by atoms with Crippen LogP contribution in [-0.2, 0) is 4.79 Å². The van der Waals surface area contributed by atoms with Crippen molar-refractivity contribution >= 4 is 5.91 Å². The molecule has 0 saturated carbocycles. The molecule has 0 atom stereocenters. The number of carbonyl (C=O) groups excluding carboxylic acids is 1. The van der Waals surface area contributed by atoms with E-state index in [0.717, 1.165) is 25.8 Å². The van der Waals surface area contributed by atoms with Crippen molar-refractivity contribution in [3.63, 3.8) is 0 Å². The highest BCUT2D eigenvalue weighted by atomic mass is 16.2. The lowest BCUT2D eigenvalue weighted by atomic mass is 9.80. The van der Waals surface area contributed by atoms with Gasteiger partial charge in [0, 0.05) is 6.54 Å². The van der Waals surface area contributed by atoms with Gasteiger partial charge in [-0.3, -0.25) is 4.79 Å². The summed E-state index contributed by atoms with van der Waals surface area (Å²) in [6, 6.07) is 2.28. The zero-order valence-corrected chi connectivity index (χ0v) is 13.1. The van der Waals surface area contributed by atoms with Crippen molar-refractivity contribution in [1.82, 2.24) is 10.2 Å². The molecule has 0 unspecified atom stereocenters. The van der Waals surface area contributed by atoms with Gasteiger partial charge in [0.15, 0.2) is 0 Å². The molecule has 0 aromatic carbocycles. The summed E-state index contributed by atoms with van der Waals surface area (Å²) in [5.41, 5.74) is -0.808. The van der Waals surface area contributed by atoms with Crippen molar-refractivity contribution in [3.05, 3.63) is 0 Å². The summed E-state index contributed by atoms with van der Waals surface area (Å²) in [6.07, 6.45) is 6.65. The second-order valence-electron chi connectivity index (χ2n) is 5.85. The number of likely N-dealkylation sites (tertiary alicyclic amines) is 1. The Hall–Kier alpha value is -1.08. The van der Waals surface area contributed by atoms with Crippen LogP contribution in [0.5, 0.6) is 0 Å². The molecule has 20 heavy (non-hydrogen) atoms. The normalized spacial score (nSPS) is 16.1. The minimum absolute atomic E-state index is 0.0647. The Bertz CT molecular complexity index is 323. The molecule has 0 aromatic rings. The van der Waals surface area contributed by atoms with E-state index >= 15 is 0 Å². The van der Waals surface area contributed by atoms with Gasteiger partial charge in [-0.1, -0.05) is 26.7 Å². The van der Waals surface area contributed by atoms with Gasteiger partial charge in [-0.15, -0.1) is 0 Å². The molecule has 1 amide bonds. The Morgan fingerprint density at radius 2 is 1.85 bits per heavy atom. The third-order valence-electron chi connectivity index (χ3n) is 4.14. The molecular formula is C16H29N3O. The van der Waals surface area contributed by atoms with E-state index in [9.17, 15) is 10.1 Å². The van der Waals surface area contributed by atoms with E-state index in [1.54, 1.807) is 0 Å². The lowest BCUT2D eigenvalue weighted by molar-refractivity contribution is -0.128. The van der Waals surface area contributed by atoms with Crippen molar-refractivity contribution in [2.24, 2.45) is 5.41 Å². The molecule has 0 spiro atoms. The quantitative estimate of drug-likeness (QED) is 0.660. The average Bonchev–Trinajstić information content (AvgIpc) is 2.96. The molecule has 0 bridgehead atoms. The number of amides is 1. The monoisotopic (exact) mass is 279 g/mol. The lowest BCUT2D eigenvalue weighted by Gasteiger charge is -2.24. The Morgan fingerprint density at radius 3 is 2.35 bits per heavy atom. The highest BCUT2D eigenvalue weighted by Crippen LogP contribution is 2.29. The zero-order valence-electron chi connectivity index (χ0n) is 13.1. The fourth-order valence-corrected chi connectivity index (χ4v) is 3.05. The number of hydrogen-bond acceptors (Lipinski definition) is 3. The van der Waals surface area contributed by atoms with Gasteiger partial charge in [0.25, 0.3) is 0 Å². The van der Waals surface area contributed by atoms with Crippen molar-refractivity contribution in [3.8, 4) is 6.07 Å². The Labute approximate surface area is 123 Å². The van der Waals surface area contributed by atoms with Gasteiger partial charge in [-0.05, 0) is 51.7 Å². The first-order valence-electron chi connectivity index (χ1n) is 8.10. The summed E-state index contributed by atoms with van der Waals surface area (Å²) < 4.78 is 0. The first-order valence-corrected chi connectivity index (χ1v) is 8.10. The molecule has 1 heterocycles.